The molecule has 6 aromatic rings. The van der Waals surface area contributed by atoms with E-state index in [1.165, 1.54) is 54.4 Å². The second-order valence-corrected chi connectivity index (χ2v) is 9.80. The van der Waals surface area contributed by atoms with E-state index in [1.54, 1.807) is 7.11 Å². The summed E-state index contributed by atoms with van der Waals surface area (Å²) in [6, 6.07) is 31.3. The molecule has 0 saturated heterocycles. The van der Waals surface area contributed by atoms with Gasteiger partial charge in [0.2, 0.25) is 0 Å². The van der Waals surface area contributed by atoms with E-state index in [9.17, 15) is 0 Å². The van der Waals surface area contributed by atoms with Gasteiger partial charge in [0.05, 0.1) is 7.11 Å². The minimum atomic E-state index is 0.123. The van der Waals surface area contributed by atoms with Crippen LogP contribution < -0.4 is 4.74 Å². The Morgan fingerprint density at radius 3 is 1.94 bits per heavy atom. The first-order chi connectivity index (χ1) is 15.5. The highest BCUT2D eigenvalue weighted by atomic mass is 16.5. The van der Waals surface area contributed by atoms with Crippen molar-refractivity contribution < 1.29 is 4.74 Å². The van der Waals surface area contributed by atoms with Crippen molar-refractivity contribution >= 4 is 43.1 Å². The highest BCUT2D eigenvalue weighted by Crippen LogP contribution is 2.43. The predicted octanol–water partition coefficient (Wildman–Crippen LogP) is 8.71. The summed E-state index contributed by atoms with van der Waals surface area (Å²) in [7, 11) is 1.74. The molecule has 0 aliphatic carbocycles. The molecule has 0 radical (unpaired) electrons. The molecule has 0 aromatic heterocycles. The van der Waals surface area contributed by atoms with Gasteiger partial charge in [0.25, 0.3) is 0 Å². The van der Waals surface area contributed by atoms with Crippen LogP contribution >= 0.6 is 0 Å². The molecule has 0 saturated carbocycles. The zero-order chi connectivity index (χ0) is 22.0. The van der Waals surface area contributed by atoms with Crippen molar-refractivity contribution in [3.63, 3.8) is 0 Å². The van der Waals surface area contributed by atoms with Crippen LogP contribution in [0.5, 0.6) is 5.75 Å². The average Bonchev–Trinajstić information content (AvgIpc) is 2.80. The third-order valence-electron chi connectivity index (χ3n) is 6.86. The van der Waals surface area contributed by atoms with Gasteiger partial charge in [-0.1, -0.05) is 99.6 Å². The zero-order valence-corrected chi connectivity index (χ0v) is 19.0. The number of ether oxygens (including phenoxy) is 1. The summed E-state index contributed by atoms with van der Waals surface area (Å²) in [4.78, 5) is 0. The van der Waals surface area contributed by atoms with Gasteiger partial charge in [-0.25, -0.2) is 0 Å². The summed E-state index contributed by atoms with van der Waals surface area (Å²) in [5, 5.41) is 10.3. The summed E-state index contributed by atoms with van der Waals surface area (Å²) in [6.07, 6.45) is 0. The topological polar surface area (TPSA) is 9.23 Å². The first-order valence-electron chi connectivity index (χ1n) is 11.2. The Hall–Kier alpha value is -3.58. The van der Waals surface area contributed by atoms with Crippen LogP contribution in [0.4, 0.5) is 0 Å². The van der Waals surface area contributed by atoms with Crippen LogP contribution in [-0.4, -0.2) is 7.11 Å². The van der Waals surface area contributed by atoms with Crippen LogP contribution in [0.15, 0.2) is 84.9 Å². The van der Waals surface area contributed by atoms with Crippen LogP contribution in [0.25, 0.3) is 54.2 Å². The van der Waals surface area contributed by atoms with Crippen molar-refractivity contribution in [1.82, 2.24) is 0 Å². The molecule has 1 nitrogen and oxygen atoms in total. The maximum absolute atomic E-state index is 5.64. The van der Waals surface area contributed by atoms with Gasteiger partial charge >= 0.3 is 0 Å². The molecule has 0 heterocycles. The Bertz CT molecular complexity index is 1610. The lowest BCUT2D eigenvalue weighted by atomic mass is 9.82. The fourth-order valence-electron chi connectivity index (χ4n) is 5.18. The first-order valence-corrected chi connectivity index (χ1v) is 11.2. The molecule has 6 aromatic carbocycles. The van der Waals surface area contributed by atoms with Gasteiger partial charge in [-0.2, -0.15) is 0 Å². The molecule has 1 heteroatoms. The molecule has 0 aliphatic rings. The molecule has 0 aliphatic heterocycles. The lowest BCUT2D eigenvalue weighted by Crippen LogP contribution is -2.10. The molecule has 0 fully saturated rings. The summed E-state index contributed by atoms with van der Waals surface area (Å²) in [6.45, 7) is 6.85. The average molecular weight is 415 g/mol. The highest BCUT2D eigenvalue weighted by Gasteiger charge is 2.18. The van der Waals surface area contributed by atoms with E-state index in [-0.39, 0.29) is 5.41 Å². The van der Waals surface area contributed by atoms with Gasteiger partial charge in [0.1, 0.15) is 5.75 Å². The number of rotatable bonds is 2. The standard InChI is InChI=1S/C31H26O/c1-31(2,3)22-17-20-12-11-19-13-15-25(27-16-14-21(18-22)29(20)30(19)27)23-7-5-9-26-24(23)8-6-10-28(26)32-4/h5-18H,1-4H3. The SMILES string of the molecule is COc1cccc2c(-c3ccc4ccc5cc(C(C)(C)C)cc6ccc3c4c56)cccc12. The van der Waals surface area contributed by atoms with E-state index in [1.807, 2.05) is 6.07 Å². The van der Waals surface area contributed by atoms with Crippen molar-refractivity contribution in [1.29, 1.82) is 0 Å². The number of methoxy groups -OCH3 is 1. The highest BCUT2D eigenvalue weighted by molar-refractivity contribution is 6.26. The Morgan fingerprint density at radius 2 is 1.19 bits per heavy atom. The largest absolute Gasteiger partial charge is 0.496 e. The van der Waals surface area contributed by atoms with Crippen molar-refractivity contribution in [2.24, 2.45) is 0 Å². The molecule has 0 atom stereocenters. The van der Waals surface area contributed by atoms with E-state index in [4.69, 9.17) is 4.74 Å². The molecule has 0 N–H and O–H groups in total. The van der Waals surface area contributed by atoms with Gasteiger partial charge < -0.3 is 4.74 Å². The van der Waals surface area contributed by atoms with Gasteiger partial charge in [0.15, 0.2) is 0 Å². The third-order valence-corrected chi connectivity index (χ3v) is 6.86. The Morgan fingerprint density at radius 1 is 0.562 bits per heavy atom. The molecular formula is C31H26O. The Balaban J connectivity index is 1.72. The summed E-state index contributed by atoms with van der Waals surface area (Å²) >= 11 is 0. The summed E-state index contributed by atoms with van der Waals surface area (Å²) in [5.41, 5.74) is 4.02. The molecule has 156 valence electrons. The maximum Gasteiger partial charge on any atom is 0.126 e. The normalized spacial score (nSPS) is 12.4. The fourth-order valence-corrected chi connectivity index (χ4v) is 5.18. The van der Waals surface area contributed by atoms with E-state index in [0.29, 0.717) is 0 Å². The number of benzene rings is 6. The van der Waals surface area contributed by atoms with Gasteiger partial charge in [0, 0.05) is 5.39 Å². The van der Waals surface area contributed by atoms with Gasteiger partial charge in [-0.3, -0.25) is 0 Å². The predicted molar refractivity (Wildman–Crippen MR) is 138 cm³/mol. The fraction of sp³-hybridized carbons (Fsp3) is 0.161. The molecule has 6 rings (SSSR count). The third kappa shape index (κ3) is 2.71. The Labute approximate surface area is 188 Å². The minimum Gasteiger partial charge on any atom is -0.496 e. The summed E-state index contributed by atoms with van der Waals surface area (Å²) < 4.78 is 5.64. The lowest BCUT2D eigenvalue weighted by Gasteiger charge is -2.22. The van der Waals surface area contributed by atoms with Crippen LogP contribution in [0.2, 0.25) is 0 Å². The molecule has 0 spiro atoms. The molecular weight excluding hydrogens is 388 g/mol. The number of fused-ring (bicyclic) bond motifs is 1. The quantitative estimate of drug-likeness (QED) is 0.257. The minimum absolute atomic E-state index is 0.123. The van der Waals surface area contributed by atoms with E-state index < -0.39 is 0 Å². The number of hydrogen-bond donors (Lipinski definition) is 0. The summed E-state index contributed by atoms with van der Waals surface area (Å²) in [5.74, 6) is 0.914. The number of hydrogen-bond acceptors (Lipinski definition) is 1. The van der Waals surface area contributed by atoms with Crippen LogP contribution in [0.3, 0.4) is 0 Å². The first kappa shape index (κ1) is 19.1. The van der Waals surface area contributed by atoms with Crippen molar-refractivity contribution in [3.05, 3.63) is 90.5 Å². The van der Waals surface area contributed by atoms with Crippen LogP contribution in [-0.2, 0) is 5.41 Å². The maximum atomic E-state index is 5.64. The second kappa shape index (κ2) is 6.71. The van der Waals surface area contributed by atoms with Crippen LogP contribution in [0, 0.1) is 0 Å². The van der Waals surface area contributed by atoms with E-state index in [2.05, 4.69) is 99.6 Å². The zero-order valence-electron chi connectivity index (χ0n) is 19.0. The molecule has 0 unspecified atom stereocenters. The molecule has 0 amide bonds. The van der Waals surface area contributed by atoms with Crippen molar-refractivity contribution in [3.8, 4) is 16.9 Å². The molecule has 32 heavy (non-hydrogen) atoms. The monoisotopic (exact) mass is 414 g/mol. The van der Waals surface area contributed by atoms with Crippen molar-refractivity contribution in [2.75, 3.05) is 7.11 Å². The smallest absolute Gasteiger partial charge is 0.126 e. The second-order valence-electron chi connectivity index (χ2n) is 9.80. The Kier molecular flexibility index (Phi) is 4.01. The van der Waals surface area contributed by atoms with Gasteiger partial charge in [-0.15, -0.1) is 0 Å². The van der Waals surface area contributed by atoms with Crippen molar-refractivity contribution in [2.45, 2.75) is 26.2 Å². The lowest BCUT2D eigenvalue weighted by molar-refractivity contribution is 0.420. The molecule has 0 bridgehead atoms. The van der Waals surface area contributed by atoms with Gasteiger partial charge in [-0.05, 0) is 65.9 Å². The van der Waals surface area contributed by atoms with E-state index >= 15 is 0 Å². The van der Waals surface area contributed by atoms with E-state index in [0.717, 1.165) is 11.1 Å². The van der Waals surface area contributed by atoms with Crippen LogP contribution in [0.1, 0.15) is 26.3 Å².